The van der Waals surface area contributed by atoms with E-state index in [4.69, 9.17) is 21.4 Å². The molecule has 0 amide bonds. The van der Waals surface area contributed by atoms with Crippen LogP contribution < -0.4 is 0 Å². The normalized spacial score (nSPS) is 24.4. The molecule has 1 N–H and O–H groups in total. The number of carboxylic acid groups (broad SMARTS) is 1. The lowest BCUT2D eigenvalue weighted by atomic mass is 10.0. The van der Waals surface area contributed by atoms with Crippen molar-refractivity contribution in [3.05, 3.63) is 15.5 Å². The molecular formula is C10H13ClN2O3S. The maximum absolute atomic E-state index is 11.0. The second-order valence-electron chi connectivity index (χ2n) is 4.02. The summed E-state index contributed by atoms with van der Waals surface area (Å²) >= 11 is 7.21. The lowest BCUT2D eigenvalue weighted by Crippen LogP contribution is -2.40. The number of rotatable bonds is 4. The Balaban J connectivity index is 1.99. The monoisotopic (exact) mass is 276 g/mol. The van der Waals surface area contributed by atoms with Crippen LogP contribution in [0, 0.1) is 5.92 Å². The van der Waals surface area contributed by atoms with Gasteiger partial charge in [-0.1, -0.05) is 11.6 Å². The highest BCUT2D eigenvalue weighted by Gasteiger charge is 2.36. The number of hydrogen-bond donors (Lipinski definition) is 1. The maximum atomic E-state index is 11.0. The van der Waals surface area contributed by atoms with E-state index >= 15 is 0 Å². The second-order valence-corrected chi connectivity index (χ2v) is 5.77. The number of thiazole rings is 1. The van der Waals surface area contributed by atoms with E-state index in [0.29, 0.717) is 17.5 Å². The number of likely N-dealkylation sites (N-methyl/N-ethyl adjacent to an activating group) is 1. The Kier molecular flexibility index (Phi) is 3.98. The molecule has 1 aromatic rings. The quantitative estimate of drug-likeness (QED) is 0.899. The second kappa shape index (κ2) is 5.30. The molecule has 0 saturated carbocycles. The number of halogens is 1. The van der Waals surface area contributed by atoms with Crippen LogP contribution in [0.25, 0.3) is 0 Å². The number of nitrogens with zero attached hydrogens (tertiary/aromatic N) is 2. The number of hydrogen-bond acceptors (Lipinski definition) is 5. The van der Waals surface area contributed by atoms with Gasteiger partial charge in [0.05, 0.1) is 31.9 Å². The van der Waals surface area contributed by atoms with Crippen LogP contribution in [-0.4, -0.2) is 47.3 Å². The van der Waals surface area contributed by atoms with Crippen LogP contribution in [0.4, 0.5) is 0 Å². The van der Waals surface area contributed by atoms with Gasteiger partial charge in [0, 0.05) is 6.04 Å². The molecule has 2 unspecified atom stereocenters. The van der Waals surface area contributed by atoms with Gasteiger partial charge in [0.15, 0.2) is 0 Å². The SMILES string of the molecule is CN(Cc1ncc(Cl)s1)C1COCC1C(=O)O. The Morgan fingerprint density at radius 2 is 2.53 bits per heavy atom. The van der Waals surface area contributed by atoms with Crippen LogP contribution >= 0.6 is 22.9 Å². The highest BCUT2D eigenvalue weighted by atomic mass is 35.5. The number of carbonyl (C=O) groups is 1. The first kappa shape index (κ1) is 12.8. The molecular weight excluding hydrogens is 264 g/mol. The Morgan fingerprint density at radius 3 is 3.12 bits per heavy atom. The predicted molar refractivity (Wildman–Crippen MR) is 64.3 cm³/mol. The minimum Gasteiger partial charge on any atom is -0.481 e. The summed E-state index contributed by atoms with van der Waals surface area (Å²) < 4.78 is 5.87. The van der Waals surface area contributed by atoms with E-state index < -0.39 is 11.9 Å². The molecule has 2 heterocycles. The molecule has 1 aliphatic heterocycles. The van der Waals surface area contributed by atoms with E-state index in [-0.39, 0.29) is 12.6 Å². The fourth-order valence-electron chi connectivity index (χ4n) is 1.90. The summed E-state index contributed by atoms with van der Waals surface area (Å²) in [7, 11) is 1.88. The molecule has 1 aromatic heterocycles. The third-order valence-corrected chi connectivity index (χ3v) is 3.94. The van der Waals surface area contributed by atoms with Crippen molar-refractivity contribution in [1.82, 2.24) is 9.88 Å². The molecule has 0 radical (unpaired) electrons. The summed E-state index contributed by atoms with van der Waals surface area (Å²) in [5.41, 5.74) is 0. The van der Waals surface area contributed by atoms with Crippen molar-refractivity contribution < 1.29 is 14.6 Å². The van der Waals surface area contributed by atoms with Crippen molar-refractivity contribution >= 4 is 28.9 Å². The minimum absolute atomic E-state index is 0.102. The molecule has 94 valence electrons. The molecule has 2 rings (SSSR count). The minimum atomic E-state index is -0.809. The third kappa shape index (κ3) is 2.95. The van der Waals surface area contributed by atoms with Gasteiger partial charge < -0.3 is 9.84 Å². The number of aromatic nitrogens is 1. The van der Waals surface area contributed by atoms with Gasteiger partial charge in [-0.3, -0.25) is 9.69 Å². The lowest BCUT2D eigenvalue weighted by molar-refractivity contribution is -0.143. The topological polar surface area (TPSA) is 62.7 Å². The van der Waals surface area contributed by atoms with E-state index in [1.54, 1.807) is 6.20 Å². The molecule has 1 fully saturated rings. The molecule has 0 aromatic carbocycles. The molecule has 1 saturated heterocycles. The molecule has 0 spiro atoms. The molecule has 7 heteroatoms. The predicted octanol–water partition coefficient (Wildman–Crippen LogP) is 1.33. The first-order valence-corrected chi connectivity index (χ1v) is 6.38. The van der Waals surface area contributed by atoms with Gasteiger partial charge in [0.1, 0.15) is 9.34 Å². The van der Waals surface area contributed by atoms with Crippen molar-refractivity contribution in [1.29, 1.82) is 0 Å². The fourth-order valence-corrected chi connectivity index (χ4v) is 2.93. The number of carboxylic acids is 1. The van der Waals surface area contributed by atoms with E-state index in [1.165, 1.54) is 11.3 Å². The first-order chi connectivity index (χ1) is 8.08. The van der Waals surface area contributed by atoms with Gasteiger partial charge >= 0.3 is 5.97 Å². The highest BCUT2D eigenvalue weighted by Crippen LogP contribution is 2.23. The summed E-state index contributed by atoms with van der Waals surface area (Å²) in [6.07, 6.45) is 1.61. The summed E-state index contributed by atoms with van der Waals surface area (Å²) in [5.74, 6) is -1.27. The van der Waals surface area contributed by atoms with Crippen LogP contribution in [-0.2, 0) is 16.1 Å². The lowest BCUT2D eigenvalue weighted by Gasteiger charge is -2.24. The molecule has 0 aliphatic carbocycles. The molecule has 1 aliphatic rings. The first-order valence-electron chi connectivity index (χ1n) is 5.19. The maximum Gasteiger partial charge on any atom is 0.310 e. The van der Waals surface area contributed by atoms with Gasteiger partial charge in [0.2, 0.25) is 0 Å². The van der Waals surface area contributed by atoms with Crippen molar-refractivity contribution in [3.63, 3.8) is 0 Å². The van der Waals surface area contributed by atoms with Gasteiger partial charge in [-0.15, -0.1) is 11.3 Å². The summed E-state index contributed by atoms with van der Waals surface area (Å²) in [6.45, 7) is 1.32. The number of aliphatic carboxylic acids is 1. The van der Waals surface area contributed by atoms with E-state index in [2.05, 4.69) is 4.98 Å². The zero-order chi connectivity index (χ0) is 12.4. The Labute approximate surface area is 108 Å². The van der Waals surface area contributed by atoms with Crippen molar-refractivity contribution in [2.45, 2.75) is 12.6 Å². The zero-order valence-electron chi connectivity index (χ0n) is 9.30. The van der Waals surface area contributed by atoms with Crippen molar-refractivity contribution in [2.24, 2.45) is 5.92 Å². The highest BCUT2D eigenvalue weighted by molar-refractivity contribution is 7.15. The number of ether oxygens (including phenoxy) is 1. The smallest absolute Gasteiger partial charge is 0.310 e. The Morgan fingerprint density at radius 1 is 1.76 bits per heavy atom. The van der Waals surface area contributed by atoms with Crippen molar-refractivity contribution in [3.8, 4) is 0 Å². The van der Waals surface area contributed by atoms with Crippen molar-refractivity contribution in [2.75, 3.05) is 20.3 Å². The van der Waals surface area contributed by atoms with Crippen LogP contribution in [0.2, 0.25) is 4.34 Å². The van der Waals surface area contributed by atoms with E-state index in [9.17, 15) is 4.79 Å². The van der Waals surface area contributed by atoms with E-state index in [1.807, 2.05) is 11.9 Å². The summed E-state index contributed by atoms with van der Waals surface area (Å²) in [5, 5.41) is 9.94. The zero-order valence-corrected chi connectivity index (χ0v) is 10.9. The van der Waals surface area contributed by atoms with Crippen LogP contribution in [0.1, 0.15) is 5.01 Å². The fraction of sp³-hybridized carbons (Fsp3) is 0.600. The molecule has 0 bridgehead atoms. The van der Waals surface area contributed by atoms with Crippen LogP contribution in [0.3, 0.4) is 0 Å². The van der Waals surface area contributed by atoms with Gasteiger partial charge in [-0.25, -0.2) is 4.98 Å². The molecule has 5 nitrogen and oxygen atoms in total. The molecule has 2 atom stereocenters. The van der Waals surface area contributed by atoms with Crippen LogP contribution in [0.5, 0.6) is 0 Å². The standard InChI is InChI=1S/C10H13ClN2O3S/c1-13(3-9-12-2-8(11)17-9)7-5-16-4-6(7)10(14)15/h2,6-7H,3-5H2,1H3,(H,14,15). The Hall–Kier alpha value is -0.690. The van der Waals surface area contributed by atoms with Gasteiger partial charge in [0.25, 0.3) is 0 Å². The van der Waals surface area contributed by atoms with Gasteiger partial charge in [-0.05, 0) is 7.05 Å². The largest absolute Gasteiger partial charge is 0.481 e. The summed E-state index contributed by atoms with van der Waals surface area (Å²) in [6, 6.07) is -0.102. The Bertz CT molecular complexity index is 412. The average molecular weight is 277 g/mol. The van der Waals surface area contributed by atoms with E-state index in [0.717, 1.165) is 5.01 Å². The van der Waals surface area contributed by atoms with Crippen LogP contribution in [0.15, 0.2) is 6.20 Å². The average Bonchev–Trinajstić information content (AvgIpc) is 2.86. The summed E-state index contributed by atoms with van der Waals surface area (Å²) in [4.78, 5) is 17.1. The molecule has 17 heavy (non-hydrogen) atoms. The van der Waals surface area contributed by atoms with Gasteiger partial charge in [-0.2, -0.15) is 0 Å². The third-order valence-electron chi connectivity index (χ3n) is 2.84.